The first-order chi connectivity index (χ1) is 8.29. The van der Waals surface area contributed by atoms with Crippen molar-refractivity contribution in [2.24, 2.45) is 5.92 Å². The van der Waals surface area contributed by atoms with Crippen LogP contribution in [0.25, 0.3) is 0 Å². The predicted molar refractivity (Wildman–Crippen MR) is 63.1 cm³/mol. The minimum atomic E-state index is -4.20. The van der Waals surface area contributed by atoms with Crippen LogP contribution < -0.4 is 5.32 Å². The van der Waals surface area contributed by atoms with Crippen LogP contribution in [0.15, 0.2) is 0 Å². The van der Waals surface area contributed by atoms with Crippen LogP contribution in [0.1, 0.15) is 32.6 Å². The van der Waals surface area contributed by atoms with Gasteiger partial charge in [0.2, 0.25) is 5.91 Å². The van der Waals surface area contributed by atoms with E-state index in [0.717, 1.165) is 19.4 Å². The second kappa shape index (κ2) is 6.41. The number of alkyl halides is 3. The molecule has 18 heavy (non-hydrogen) atoms. The van der Waals surface area contributed by atoms with Gasteiger partial charge in [0.05, 0.1) is 6.42 Å². The second-order valence-corrected chi connectivity index (χ2v) is 5.06. The Morgan fingerprint density at radius 1 is 1.44 bits per heavy atom. The summed E-state index contributed by atoms with van der Waals surface area (Å²) in [5, 5.41) is 3.26. The highest BCUT2D eigenvalue weighted by molar-refractivity contribution is 5.76. The molecule has 0 aliphatic carbocycles. The molecule has 1 fully saturated rings. The minimum absolute atomic E-state index is 0.0968. The molecule has 2 atom stereocenters. The molecule has 0 bridgehead atoms. The van der Waals surface area contributed by atoms with Gasteiger partial charge in [0.25, 0.3) is 0 Å². The summed E-state index contributed by atoms with van der Waals surface area (Å²) in [5.41, 5.74) is 0. The quantitative estimate of drug-likeness (QED) is 0.846. The number of hydrogen-bond donors (Lipinski definition) is 1. The van der Waals surface area contributed by atoms with E-state index in [2.05, 4.69) is 12.2 Å². The average Bonchev–Trinajstić information content (AvgIpc) is 2.28. The fraction of sp³-hybridized carbons (Fsp3) is 0.917. The third-order valence-electron chi connectivity index (χ3n) is 3.48. The number of carbonyl (C=O) groups excluding carboxylic acids is 1. The Kier molecular flexibility index (Phi) is 5.44. The third kappa shape index (κ3) is 5.25. The number of nitrogens with one attached hydrogen (secondary N) is 1. The molecule has 0 saturated carbocycles. The summed E-state index contributed by atoms with van der Waals surface area (Å²) >= 11 is 0. The molecule has 0 spiro atoms. The summed E-state index contributed by atoms with van der Waals surface area (Å²) in [6.07, 6.45) is -2.70. The summed E-state index contributed by atoms with van der Waals surface area (Å²) in [4.78, 5) is 13.0. The molecule has 1 aliphatic rings. The van der Waals surface area contributed by atoms with Crippen LogP contribution >= 0.6 is 0 Å². The van der Waals surface area contributed by atoms with Crippen molar-refractivity contribution in [3.8, 4) is 0 Å². The Balaban J connectivity index is 2.35. The second-order valence-electron chi connectivity index (χ2n) is 5.06. The van der Waals surface area contributed by atoms with Crippen LogP contribution in [-0.4, -0.2) is 43.2 Å². The zero-order chi connectivity index (χ0) is 13.8. The summed E-state index contributed by atoms with van der Waals surface area (Å²) in [7, 11) is 1.43. The Labute approximate surface area is 106 Å². The van der Waals surface area contributed by atoms with Gasteiger partial charge in [0, 0.05) is 26.1 Å². The Morgan fingerprint density at radius 3 is 2.67 bits per heavy atom. The van der Waals surface area contributed by atoms with Crippen LogP contribution in [0, 0.1) is 5.92 Å². The SMILES string of the molecule is CC1CCCNC1CC(=O)N(C)CCC(F)(F)F. The fourth-order valence-electron chi connectivity index (χ4n) is 2.15. The van der Waals surface area contributed by atoms with Crippen LogP contribution in [0.4, 0.5) is 13.2 Å². The molecule has 0 aromatic carbocycles. The molecule has 0 radical (unpaired) electrons. The number of carbonyl (C=O) groups is 1. The van der Waals surface area contributed by atoms with E-state index in [-0.39, 0.29) is 24.9 Å². The van der Waals surface area contributed by atoms with E-state index in [1.54, 1.807) is 0 Å². The van der Waals surface area contributed by atoms with Crippen molar-refractivity contribution in [2.45, 2.75) is 44.8 Å². The van der Waals surface area contributed by atoms with E-state index in [1.807, 2.05) is 0 Å². The fourth-order valence-corrected chi connectivity index (χ4v) is 2.15. The van der Waals surface area contributed by atoms with E-state index in [4.69, 9.17) is 0 Å². The van der Waals surface area contributed by atoms with Crippen molar-refractivity contribution in [1.29, 1.82) is 0 Å². The zero-order valence-electron chi connectivity index (χ0n) is 10.9. The largest absolute Gasteiger partial charge is 0.390 e. The Bertz CT molecular complexity index is 281. The summed E-state index contributed by atoms with van der Waals surface area (Å²) < 4.78 is 36.1. The van der Waals surface area contributed by atoms with Crippen LogP contribution in [-0.2, 0) is 4.79 Å². The highest BCUT2D eigenvalue weighted by atomic mass is 19.4. The lowest BCUT2D eigenvalue weighted by Gasteiger charge is -2.31. The molecule has 2 unspecified atom stereocenters. The van der Waals surface area contributed by atoms with Gasteiger partial charge in [-0.25, -0.2) is 0 Å². The van der Waals surface area contributed by atoms with Gasteiger partial charge in [-0.3, -0.25) is 4.79 Å². The number of halogens is 3. The normalized spacial score (nSPS) is 24.9. The zero-order valence-corrected chi connectivity index (χ0v) is 10.9. The van der Waals surface area contributed by atoms with Crippen molar-refractivity contribution in [1.82, 2.24) is 10.2 Å². The number of piperidine rings is 1. The maximum Gasteiger partial charge on any atom is 0.390 e. The Morgan fingerprint density at radius 2 is 2.11 bits per heavy atom. The van der Waals surface area contributed by atoms with Gasteiger partial charge in [-0.1, -0.05) is 6.92 Å². The van der Waals surface area contributed by atoms with Gasteiger partial charge < -0.3 is 10.2 Å². The first-order valence-electron chi connectivity index (χ1n) is 6.33. The number of amides is 1. The summed E-state index contributed by atoms with van der Waals surface area (Å²) in [6.45, 7) is 2.69. The molecule has 1 amide bonds. The smallest absolute Gasteiger partial charge is 0.345 e. The Hall–Kier alpha value is -0.780. The lowest BCUT2D eigenvalue weighted by atomic mass is 9.90. The van der Waals surface area contributed by atoms with Crippen LogP contribution in [0.2, 0.25) is 0 Å². The molecule has 106 valence electrons. The van der Waals surface area contributed by atoms with Crippen LogP contribution in [0.5, 0.6) is 0 Å². The van der Waals surface area contributed by atoms with Gasteiger partial charge >= 0.3 is 6.18 Å². The topological polar surface area (TPSA) is 32.3 Å². The molecule has 3 nitrogen and oxygen atoms in total. The van der Waals surface area contributed by atoms with E-state index >= 15 is 0 Å². The van der Waals surface area contributed by atoms with Crippen molar-refractivity contribution >= 4 is 5.91 Å². The number of nitrogens with zero attached hydrogens (tertiary/aromatic N) is 1. The number of hydrogen-bond acceptors (Lipinski definition) is 2. The molecule has 6 heteroatoms. The van der Waals surface area contributed by atoms with Crippen molar-refractivity contribution in [3.63, 3.8) is 0 Å². The lowest BCUT2D eigenvalue weighted by molar-refractivity contribution is -0.144. The first-order valence-corrected chi connectivity index (χ1v) is 6.33. The standard InChI is InChI=1S/C12H21F3N2O/c1-9-4-3-6-16-10(9)8-11(18)17(2)7-5-12(13,14)15/h9-10,16H,3-8H2,1-2H3. The summed E-state index contributed by atoms with van der Waals surface area (Å²) in [5.74, 6) is 0.184. The molecule has 1 N–H and O–H groups in total. The van der Waals surface area contributed by atoms with Gasteiger partial charge in [-0.2, -0.15) is 13.2 Å². The first kappa shape index (κ1) is 15.3. The van der Waals surface area contributed by atoms with E-state index in [1.165, 1.54) is 11.9 Å². The van der Waals surface area contributed by atoms with Gasteiger partial charge in [-0.15, -0.1) is 0 Å². The highest BCUT2D eigenvalue weighted by Crippen LogP contribution is 2.21. The van der Waals surface area contributed by atoms with E-state index in [0.29, 0.717) is 5.92 Å². The molecule has 1 aliphatic heterocycles. The molecular formula is C12H21F3N2O. The molecule has 0 aromatic heterocycles. The van der Waals surface area contributed by atoms with E-state index < -0.39 is 12.6 Å². The average molecular weight is 266 g/mol. The minimum Gasteiger partial charge on any atom is -0.345 e. The summed E-state index contributed by atoms with van der Waals surface area (Å²) in [6, 6.07) is 0.0968. The molecular weight excluding hydrogens is 245 g/mol. The van der Waals surface area contributed by atoms with Crippen molar-refractivity contribution < 1.29 is 18.0 Å². The third-order valence-corrected chi connectivity index (χ3v) is 3.48. The maximum absolute atomic E-state index is 12.0. The molecule has 1 rings (SSSR count). The van der Waals surface area contributed by atoms with Gasteiger partial charge in [-0.05, 0) is 25.3 Å². The van der Waals surface area contributed by atoms with Crippen molar-refractivity contribution in [3.05, 3.63) is 0 Å². The van der Waals surface area contributed by atoms with Gasteiger partial charge in [0.1, 0.15) is 0 Å². The molecule has 1 saturated heterocycles. The van der Waals surface area contributed by atoms with Crippen LogP contribution in [0.3, 0.4) is 0 Å². The monoisotopic (exact) mass is 266 g/mol. The lowest BCUT2D eigenvalue weighted by Crippen LogP contribution is -2.44. The molecule has 1 heterocycles. The number of rotatable bonds is 4. The van der Waals surface area contributed by atoms with E-state index in [9.17, 15) is 18.0 Å². The maximum atomic E-state index is 12.0. The predicted octanol–water partition coefficient (Wildman–Crippen LogP) is 2.18. The highest BCUT2D eigenvalue weighted by Gasteiger charge is 2.29. The van der Waals surface area contributed by atoms with Crippen molar-refractivity contribution in [2.75, 3.05) is 20.1 Å². The molecule has 0 aromatic rings. The van der Waals surface area contributed by atoms with Gasteiger partial charge in [0.15, 0.2) is 0 Å².